The van der Waals surface area contributed by atoms with Crippen molar-refractivity contribution < 1.29 is 9.53 Å². The summed E-state index contributed by atoms with van der Waals surface area (Å²) >= 11 is 1.65. The summed E-state index contributed by atoms with van der Waals surface area (Å²) in [5, 5.41) is 6.72. The van der Waals surface area contributed by atoms with Gasteiger partial charge in [0.05, 0.1) is 30.0 Å². The maximum absolute atomic E-state index is 11.6. The Bertz CT molecular complexity index is 637. The molecule has 1 fully saturated rings. The summed E-state index contributed by atoms with van der Waals surface area (Å²) in [6.07, 6.45) is 0. The Kier molecular flexibility index (Phi) is 4.33. The zero-order valence-electron chi connectivity index (χ0n) is 11.9. The molecule has 0 spiro atoms. The third-order valence-electron chi connectivity index (χ3n) is 3.28. The molecule has 1 amide bonds. The average molecular weight is 306 g/mol. The molecule has 2 heterocycles. The number of hydrogen-bond donors (Lipinski definition) is 2. The first-order chi connectivity index (χ1) is 10.3. The highest BCUT2D eigenvalue weighted by molar-refractivity contribution is 7.22. The normalized spacial score (nSPS) is 15.4. The molecule has 0 unspecified atom stereocenters. The average Bonchev–Trinajstić information content (AvgIpc) is 2.91. The molecule has 6 nitrogen and oxygen atoms in total. The Balaban J connectivity index is 1.79. The van der Waals surface area contributed by atoms with Crippen molar-refractivity contribution >= 4 is 38.3 Å². The minimum atomic E-state index is -0.0465. The Labute approximate surface area is 127 Å². The topological polar surface area (TPSA) is 66.5 Å². The van der Waals surface area contributed by atoms with Gasteiger partial charge in [-0.2, -0.15) is 0 Å². The molecule has 2 aromatic rings. The van der Waals surface area contributed by atoms with Crippen LogP contribution in [-0.2, 0) is 9.53 Å². The van der Waals surface area contributed by atoms with Crippen molar-refractivity contribution in [1.82, 2.24) is 10.3 Å². The molecule has 1 aromatic carbocycles. The van der Waals surface area contributed by atoms with Crippen LogP contribution in [0.1, 0.15) is 0 Å². The molecule has 2 N–H and O–H groups in total. The Morgan fingerprint density at radius 1 is 1.43 bits per heavy atom. The van der Waals surface area contributed by atoms with Gasteiger partial charge in [0.2, 0.25) is 5.91 Å². The summed E-state index contributed by atoms with van der Waals surface area (Å²) in [6, 6.07) is 5.81. The van der Waals surface area contributed by atoms with Gasteiger partial charge in [-0.05, 0) is 25.2 Å². The van der Waals surface area contributed by atoms with Gasteiger partial charge < -0.3 is 20.3 Å². The van der Waals surface area contributed by atoms with Crippen LogP contribution in [0.3, 0.4) is 0 Å². The van der Waals surface area contributed by atoms with Crippen LogP contribution >= 0.6 is 11.3 Å². The van der Waals surface area contributed by atoms with Crippen LogP contribution in [-0.4, -0.2) is 50.8 Å². The van der Waals surface area contributed by atoms with Gasteiger partial charge in [-0.3, -0.25) is 4.79 Å². The predicted octanol–water partition coefficient (Wildman–Crippen LogP) is 1.29. The van der Waals surface area contributed by atoms with Crippen LogP contribution in [0.15, 0.2) is 18.2 Å². The van der Waals surface area contributed by atoms with Crippen molar-refractivity contribution in [2.45, 2.75) is 0 Å². The summed E-state index contributed by atoms with van der Waals surface area (Å²) < 4.78 is 6.45. The molecule has 0 radical (unpaired) electrons. The van der Waals surface area contributed by atoms with Gasteiger partial charge in [0.25, 0.3) is 0 Å². The zero-order valence-corrected chi connectivity index (χ0v) is 12.7. The first-order valence-electron chi connectivity index (χ1n) is 6.94. The highest BCUT2D eigenvalue weighted by Crippen LogP contribution is 2.31. The lowest BCUT2D eigenvalue weighted by Crippen LogP contribution is -2.36. The molecular formula is C14H18N4O2S. The number of aromatic nitrogens is 1. The second-order valence-electron chi connectivity index (χ2n) is 4.86. The van der Waals surface area contributed by atoms with Crippen LogP contribution in [0.5, 0.6) is 0 Å². The van der Waals surface area contributed by atoms with Crippen molar-refractivity contribution in [2.24, 2.45) is 0 Å². The molecule has 0 aliphatic carbocycles. The molecule has 1 aliphatic heterocycles. The third kappa shape index (κ3) is 3.31. The number of anilines is 2. The van der Waals surface area contributed by atoms with E-state index in [1.807, 2.05) is 18.2 Å². The van der Waals surface area contributed by atoms with Crippen LogP contribution in [0.4, 0.5) is 10.8 Å². The van der Waals surface area contributed by atoms with Crippen LogP contribution in [0, 0.1) is 0 Å². The number of benzene rings is 1. The number of ether oxygens (including phenoxy) is 1. The van der Waals surface area contributed by atoms with Crippen molar-refractivity contribution in [2.75, 3.05) is 50.1 Å². The Morgan fingerprint density at radius 3 is 3.00 bits per heavy atom. The first kappa shape index (κ1) is 14.2. The summed E-state index contributed by atoms with van der Waals surface area (Å²) in [6.45, 7) is 3.57. The van der Waals surface area contributed by atoms with E-state index in [1.54, 1.807) is 18.4 Å². The first-order valence-corrected chi connectivity index (χ1v) is 7.75. The molecule has 7 heteroatoms. The number of amides is 1. The van der Waals surface area contributed by atoms with E-state index in [2.05, 4.69) is 20.5 Å². The van der Waals surface area contributed by atoms with Crippen molar-refractivity contribution in [3.8, 4) is 0 Å². The number of nitrogens with one attached hydrogen (secondary N) is 2. The molecule has 21 heavy (non-hydrogen) atoms. The number of rotatable bonds is 4. The van der Waals surface area contributed by atoms with Crippen LogP contribution in [0.25, 0.3) is 10.2 Å². The van der Waals surface area contributed by atoms with Crippen molar-refractivity contribution in [3.63, 3.8) is 0 Å². The second kappa shape index (κ2) is 6.38. The number of fused-ring (bicyclic) bond motifs is 1. The smallest absolute Gasteiger partial charge is 0.238 e. The summed E-state index contributed by atoms with van der Waals surface area (Å²) in [5.41, 5.74) is 1.77. The molecular weight excluding hydrogens is 288 g/mol. The highest BCUT2D eigenvalue weighted by atomic mass is 32.1. The second-order valence-corrected chi connectivity index (χ2v) is 5.87. The third-order valence-corrected chi connectivity index (χ3v) is 4.36. The molecule has 0 atom stereocenters. The van der Waals surface area contributed by atoms with Gasteiger partial charge in [0, 0.05) is 18.8 Å². The van der Waals surface area contributed by atoms with E-state index in [9.17, 15) is 4.79 Å². The fourth-order valence-corrected chi connectivity index (χ4v) is 3.30. The fraction of sp³-hybridized carbons (Fsp3) is 0.429. The van der Waals surface area contributed by atoms with E-state index in [0.717, 1.165) is 47.3 Å². The van der Waals surface area contributed by atoms with Crippen LogP contribution in [0.2, 0.25) is 0 Å². The predicted molar refractivity (Wildman–Crippen MR) is 85.2 cm³/mol. The number of hydrogen-bond acceptors (Lipinski definition) is 6. The molecule has 0 bridgehead atoms. The summed E-state index contributed by atoms with van der Waals surface area (Å²) in [5.74, 6) is -0.0465. The lowest BCUT2D eigenvalue weighted by molar-refractivity contribution is -0.115. The Hall–Kier alpha value is -1.70. The number of carbonyl (C=O) groups is 1. The summed E-state index contributed by atoms with van der Waals surface area (Å²) in [4.78, 5) is 18.5. The van der Waals surface area contributed by atoms with E-state index in [-0.39, 0.29) is 5.91 Å². The van der Waals surface area contributed by atoms with Gasteiger partial charge in [0.15, 0.2) is 5.13 Å². The zero-order chi connectivity index (χ0) is 14.7. The fourth-order valence-electron chi connectivity index (χ4n) is 2.25. The van der Waals surface area contributed by atoms with Gasteiger partial charge >= 0.3 is 0 Å². The Morgan fingerprint density at radius 2 is 2.24 bits per heavy atom. The van der Waals surface area contributed by atoms with Gasteiger partial charge in [-0.1, -0.05) is 11.3 Å². The standard InChI is InChI=1S/C14H18N4O2S/c1-15-9-13(19)16-10-2-3-11-12(8-10)21-14(17-11)18-4-6-20-7-5-18/h2-3,8,15H,4-7,9H2,1H3,(H,16,19). The number of carbonyl (C=O) groups excluding carboxylic acids is 1. The maximum Gasteiger partial charge on any atom is 0.238 e. The number of nitrogens with zero attached hydrogens (tertiary/aromatic N) is 2. The lowest BCUT2D eigenvalue weighted by Gasteiger charge is -2.25. The monoisotopic (exact) mass is 306 g/mol. The van der Waals surface area contributed by atoms with Crippen molar-refractivity contribution in [3.05, 3.63) is 18.2 Å². The van der Waals surface area contributed by atoms with E-state index in [0.29, 0.717) is 6.54 Å². The number of likely N-dealkylation sites (N-methyl/N-ethyl adjacent to an activating group) is 1. The summed E-state index contributed by atoms with van der Waals surface area (Å²) in [7, 11) is 1.75. The molecule has 1 saturated heterocycles. The molecule has 1 aliphatic rings. The molecule has 1 aromatic heterocycles. The SMILES string of the molecule is CNCC(=O)Nc1ccc2nc(N3CCOCC3)sc2c1. The van der Waals surface area contributed by atoms with Crippen molar-refractivity contribution in [1.29, 1.82) is 0 Å². The molecule has 3 rings (SSSR count). The number of thiazole rings is 1. The highest BCUT2D eigenvalue weighted by Gasteiger charge is 2.15. The maximum atomic E-state index is 11.6. The molecule has 0 saturated carbocycles. The quantitative estimate of drug-likeness (QED) is 0.891. The van der Waals surface area contributed by atoms with E-state index in [4.69, 9.17) is 4.74 Å². The van der Waals surface area contributed by atoms with Crippen LogP contribution < -0.4 is 15.5 Å². The van der Waals surface area contributed by atoms with Gasteiger partial charge in [-0.15, -0.1) is 0 Å². The van der Waals surface area contributed by atoms with E-state index in [1.165, 1.54) is 0 Å². The molecule has 112 valence electrons. The van der Waals surface area contributed by atoms with E-state index >= 15 is 0 Å². The minimum Gasteiger partial charge on any atom is -0.378 e. The number of morpholine rings is 1. The van der Waals surface area contributed by atoms with Gasteiger partial charge in [-0.25, -0.2) is 4.98 Å². The van der Waals surface area contributed by atoms with Gasteiger partial charge in [0.1, 0.15) is 0 Å². The largest absolute Gasteiger partial charge is 0.378 e. The van der Waals surface area contributed by atoms with E-state index < -0.39 is 0 Å². The lowest BCUT2D eigenvalue weighted by atomic mass is 10.3. The minimum absolute atomic E-state index is 0.0465.